The van der Waals surface area contributed by atoms with Crippen LogP contribution in [0, 0.1) is 5.92 Å². The van der Waals surface area contributed by atoms with Crippen LogP contribution in [-0.4, -0.2) is 53.6 Å². The van der Waals surface area contributed by atoms with Gasteiger partial charge in [0.2, 0.25) is 5.91 Å². The highest BCUT2D eigenvalue weighted by Gasteiger charge is 2.29. The molecule has 3 N–H and O–H groups in total. The van der Waals surface area contributed by atoms with Crippen LogP contribution >= 0.6 is 0 Å². The molecule has 1 aliphatic heterocycles. The zero-order valence-corrected chi connectivity index (χ0v) is 15.3. The predicted octanol–water partition coefficient (Wildman–Crippen LogP) is 1.86. The van der Waals surface area contributed by atoms with E-state index in [0.29, 0.717) is 23.7 Å². The van der Waals surface area contributed by atoms with Gasteiger partial charge >= 0.3 is 0 Å². The van der Waals surface area contributed by atoms with Crippen LogP contribution in [0.2, 0.25) is 0 Å². The lowest BCUT2D eigenvalue weighted by Gasteiger charge is -2.24. The van der Waals surface area contributed by atoms with Gasteiger partial charge in [-0.3, -0.25) is 9.59 Å². The Balaban J connectivity index is 2.03. The second-order valence-corrected chi connectivity index (χ2v) is 6.98. The predicted molar refractivity (Wildman–Crippen MR) is 98.5 cm³/mol. The zero-order chi connectivity index (χ0) is 18.4. The van der Waals surface area contributed by atoms with Crippen LogP contribution in [0.25, 0.3) is 0 Å². The minimum Gasteiger partial charge on any atom is -0.394 e. The number of para-hydroxylation sites is 1. The van der Waals surface area contributed by atoms with Gasteiger partial charge in [0.05, 0.1) is 24.8 Å². The first-order valence-electron chi connectivity index (χ1n) is 8.98. The van der Waals surface area contributed by atoms with E-state index < -0.39 is 0 Å². The van der Waals surface area contributed by atoms with Gasteiger partial charge in [-0.15, -0.1) is 0 Å². The number of aliphatic hydroxyl groups excluding tert-OH is 1. The van der Waals surface area contributed by atoms with E-state index >= 15 is 0 Å². The molecular formula is C19H29N3O3. The number of carbonyl (C=O) groups is 2. The number of rotatable bonds is 7. The van der Waals surface area contributed by atoms with Crippen molar-refractivity contribution in [2.45, 2.75) is 45.7 Å². The Bertz CT molecular complexity index is 603. The van der Waals surface area contributed by atoms with Gasteiger partial charge in [0.1, 0.15) is 0 Å². The number of aliphatic hydroxyl groups is 1. The molecule has 0 aromatic heterocycles. The molecule has 0 saturated carbocycles. The van der Waals surface area contributed by atoms with Gasteiger partial charge in [-0.05, 0) is 37.8 Å². The maximum atomic E-state index is 12.8. The zero-order valence-electron chi connectivity index (χ0n) is 15.3. The van der Waals surface area contributed by atoms with Crippen molar-refractivity contribution in [3.63, 3.8) is 0 Å². The monoisotopic (exact) mass is 347 g/mol. The van der Waals surface area contributed by atoms with Gasteiger partial charge in [0.25, 0.3) is 5.91 Å². The summed E-state index contributed by atoms with van der Waals surface area (Å²) in [6.45, 7) is 6.84. The van der Waals surface area contributed by atoms with Gasteiger partial charge in [0, 0.05) is 18.3 Å². The summed E-state index contributed by atoms with van der Waals surface area (Å²) in [6.07, 6.45) is 1.73. The molecule has 138 valence electrons. The molecule has 0 aliphatic carbocycles. The molecular weight excluding hydrogens is 318 g/mol. The van der Waals surface area contributed by atoms with Crippen LogP contribution in [0.1, 0.15) is 44.0 Å². The molecule has 0 unspecified atom stereocenters. The molecule has 1 fully saturated rings. The minimum absolute atomic E-state index is 0.0170. The molecule has 1 aromatic rings. The smallest absolute Gasteiger partial charge is 0.256 e. The molecule has 2 amide bonds. The Morgan fingerprint density at radius 3 is 2.68 bits per heavy atom. The van der Waals surface area contributed by atoms with Crippen molar-refractivity contribution in [2.75, 3.05) is 25.0 Å². The van der Waals surface area contributed by atoms with Gasteiger partial charge in [-0.25, -0.2) is 0 Å². The Kier molecular flexibility index (Phi) is 6.82. The first kappa shape index (κ1) is 19.2. The summed E-state index contributed by atoms with van der Waals surface area (Å²) in [4.78, 5) is 26.6. The first-order valence-corrected chi connectivity index (χ1v) is 8.98. The van der Waals surface area contributed by atoms with Crippen LogP contribution in [0.15, 0.2) is 24.3 Å². The quantitative estimate of drug-likeness (QED) is 0.703. The van der Waals surface area contributed by atoms with Crippen molar-refractivity contribution in [1.29, 1.82) is 0 Å². The van der Waals surface area contributed by atoms with E-state index in [1.54, 1.807) is 17.0 Å². The van der Waals surface area contributed by atoms with E-state index in [1.165, 1.54) is 0 Å². The van der Waals surface area contributed by atoms with E-state index in [9.17, 15) is 14.7 Å². The topological polar surface area (TPSA) is 81.7 Å². The van der Waals surface area contributed by atoms with E-state index in [0.717, 1.165) is 12.8 Å². The summed E-state index contributed by atoms with van der Waals surface area (Å²) < 4.78 is 0. The number of carbonyl (C=O) groups excluding carboxylic acids is 2. The molecule has 0 radical (unpaired) electrons. The van der Waals surface area contributed by atoms with Crippen molar-refractivity contribution >= 4 is 17.5 Å². The second kappa shape index (κ2) is 8.85. The lowest BCUT2D eigenvalue weighted by molar-refractivity contribution is -0.120. The molecule has 2 atom stereocenters. The number of hydrogen-bond donors (Lipinski definition) is 3. The fourth-order valence-electron chi connectivity index (χ4n) is 2.92. The molecule has 1 aliphatic rings. The number of nitrogens with one attached hydrogen (secondary N) is 2. The van der Waals surface area contributed by atoms with Gasteiger partial charge in [-0.1, -0.05) is 26.0 Å². The Hall–Kier alpha value is -2.08. The number of hydrogen-bond acceptors (Lipinski definition) is 4. The van der Waals surface area contributed by atoms with E-state index in [4.69, 9.17) is 0 Å². The van der Waals surface area contributed by atoms with Crippen molar-refractivity contribution in [1.82, 2.24) is 10.2 Å². The summed E-state index contributed by atoms with van der Waals surface area (Å²) in [5, 5.41) is 15.5. The summed E-state index contributed by atoms with van der Waals surface area (Å²) in [5.74, 6) is 0.164. The van der Waals surface area contributed by atoms with Crippen LogP contribution < -0.4 is 10.6 Å². The first-order chi connectivity index (χ1) is 11.9. The molecule has 1 aromatic carbocycles. The van der Waals surface area contributed by atoms with Crippen LogP contribution in [-0.2, 0) is 4.79 Å². The SMILES string of the molecule is CC(C)[C@H](C)NC(=O)CNc1ccccc1C(=O)N1CCC[C@H]1CO. The van der Waals surface area contributed by atoms with Gasteiger partial charge < -0.3 is 20.6 Å². The van der Waals surface area contributed by atoms with E-state index in [1.807, 2.05) is 19.1 Å². The van der Waals surface area contributed by atoms with Crippen molar-refractivity contribution < 1.29 is 14.7 Å². The highest BCUT2D eigenvalue weighted by molar-refractivity contribution is 6.00. The van der Waals surface area contributed by atoms with E-state index in [-0.39, 0.29) is 37.0 Å². The molecule has 0 spiro atoms. The highest BCUT2D eigenvalue weighted by atomic mass is 16.3. The summed E-state index contributed by atoms with van der Waals surface area (Å²) in [7, 11) is 0. The number of benzene rings is 1. The van der Waals surface area contributed by atoms with Crippen molar-refractivity contribution in [2.24, 2.45) is 5.92 Å². The molecule has 1 saturated heterocycles. The number of nitrogens with zero attached hydrogens (tertiary/aromatic N) is 1. The lowest BCUT2D eigenvalue weighted by atomic mass is 10.1. The standard InChI is InChI=1S/C19H29N3O3/c1-13(2)14(3)21-18(24)11-20-17-9-5-4-8-16(17)19(25)22-10-6-7-15(22)12-23/h4-5,8-9,13-15,20,23H,6-7,10-12H2,1-3H3,(H,21,24)/t14-,15-/m0/s1. The summed E-state index contributed by atoms with van der Waals surface area (Å²) in [5.41, 5.74) is 1.18. The normalized spacial score (nSPS) is 18.3. The van der Waals surface area contributed by atoms with Crippen LogP contribution in [0.5, 0.6) is 0 Å². The molecule has 6 nitrogen and oxygen atoms in total. The fourth-order valence-corrected chi connectivity index (χ4v) is 2.92. The number of anilines is 1. The Labute approximate surface area is 149 Å². The highest BCUT2D eigenvalue weighted by Crippen LogP contribution is 2.23. The van der Waals surface area contributed by atoms with Crippen molar-refractivity contribution in [3.8, 4) is 0 Å². The minimum atomic E-state index is -0.115. The van der Waals surface area contributed by atoms with Gasteiger partial charge in [-0.2, -0.15) is 0 Å². The Morgan fingerprint density at radius 1 is 1.28 bits per heavy atom. The lowest BCUT2D eigenvalue weighted by Crippen LogP contribution is -2.40. The third kappa shape index (κ3) is 4.95. The van der Waals surface area contributed by atoms with Crippen molar-refractivity contribution in [3.05, 3.63) is 29.8 Å². The number of likely N-dealkylation sites (tertiary alicyclic amines) is 1. The maximum absolute atomic E-state index is 12.8. The molecule has 2 rings (SSSR count). The average molecular weight is 347 g/mol. The van der Waals surface area contributed by atoms with Crippen LogP contribution in [0.4, 0.5) is 5.69 Å². The van der Waals surface area contributed by atoms with Gasteiger partial charge in [0.15, 0.2) is 0 Å². The third-order valence-corrected chi connectivity index (χ3v) is 4.83. The summed E-state index contributed by atoms with van der Waals surface area (Å²) >= 11 is 0. The number of amides is 2. The average Bonchev–Trinajstić information content (AvgIpc) is 3.08. The third-order valence-electron chi connectivity index (χ3n) is 4.83. The fraction of sp³-hybridized carbons (Fsp3) is 0.579. The maximum Gasteiger partial charge on any atom is 0.256 e. The molecule has 0 bridgehead atoms. The molecule has 1 heterocycles. The largest absolute Gasteiger partial charge is 0.394 e. The second-order valence-electron chi connectivity index (χ2n) is 6.98. The van der Waals surface area contributed by atoms with Crippen LogP contribution in [0.3, 0.4) is 0 Å². The molecule has 6 heteroatoms. The molecule has 25 heavy (non-hydrogen) atoms. The summed E-state index contributed by atoms with van der Waals surface area (Å²) in [6, 6.07) is 7.18. The van der Waals surface area contributed by atoms with E-state index in [2.05, 4.69) is 24.5 Å². The Morgan fingerprint density at radius 2 is 2.00 bits per heavy atom.